The third-order valence-corrected chi connectivity index (χ3v) is 3.83. The third kappa shape index (κ3) is 3.72. The van der Waals surface area contributed by atoms with Gasteiger partial charge in [0, 0.05) is 6.42 Å². The summed E-state index contributed by atoms with van der Waals surface area (Å²) in [6.07, 6.45) is 7.77. The normalized spacial score (nSPS) is 14.6. The maximum absolute atomic E-state index is 10.6. The van der Waals surface area contributed by atoms with Crippen LogP contribution in [0.5, 0.6) is 5.75 Å². The predicted octanol–water partition coefficient (Wildman–Crippen LogP) is 3.37. The third-order valence-electron chi connectivity index (χ3n) is 3.83. The van der Waals surface area contributed by atoms with Gasteiger partial charge >= 0.3 is 5.97 Å². The number of hydrogen-bond acceptors (Lipinski definition) is 2. The van der Waals surface area contributed by atoms with Gasteiger partial charge < -0.3 is 9.84 Å². The van der Waals surface area contributed by atoms with Crippen LogP contribution < -0.4 is 4.74 Å². The van der Waals surface area contributed by atoms with E-state index in [4.69, 9.17) is 9.84 Å². The summed E-state index contributed by atoms with van der Waals surface area (Å²) in [5.74, 6) is 0.194. The van der Waals surface area contributed by atoms with Gasteiger partial charge in [0.1, 0.15) is 5.75 Å². The zero-order valence-electron chi connectivity index (χ0n) is 11.6. The number of carboxylic acid groups (broad SMARTS) is 1. The quantitative estimate of drug-likeness (QED) is 0.827. The Morgan fingerprint density at radius 1 is 1.21 bits per heavy atom. The summed E-state index contributed by atoms with van der Waals surface area (Å²) < 4.78 is 5.46. The highest BCUT2D eigenvalue weighted by molar-refractivity contribution is 5.66. The fraction of sp³-hybridized carbons (Fsp3) is 0.562. The molecule has 0 aromatic heterocycles. The van der Waals surface area contributed by atoms with Crippen molar-refractivity contribution < 1.29 is 14.6 Å². The lowest BCUT2D eigenvalue weighted by atomic mass is 9.96. The first-order valence-corrected chi connectivity index (χ1v) is 7.11. The Bertz CT molecular complexity index is 452. The van der Waals surface area contributed by atoms with Gasteiger partial charge in [-0.1, -0.05) is 12.5 Å². The standard InChI is InChI=1S/C16H22O3/c1-19-15-11-13-7-4-2-3-6-12(13)10-14(15)8-5-9-16(17)18/h10-11H,2-9H2,1H3,(H,17,18). The zero-order chi connectivity index (χ0) is 13.7. The summed E-state index contributed by atoms with van der Waals surface area (Å²) in [5, 5.41) is 8.72. The Morgan fingerprint density at radius 2 is 1.89 bits per heavy atom. The Kier molecular flexibility index (Phi) is 4.83. The first-order chi connectivity index (χ1) is 9.20. The van der Waals surface area contributed by atoms with E-state index in [2.05, 4.69) is 12.1 Å². The molecule has 0 atom stereocenters. The number of carbonyl (C=O) groups is 1. The van der Waals surface area contributed by atoms with Crippen molar-refractivity contribution in [2.45, 2.75) is 51.4 Å². The molecule has 19 heavy (non-hydrogen) atoms. The van der Waals surface area contributed by atoms with Crippen molar-refractivity contribution in [1.29, 1.82) is 0 Å². The topological polar surface area (TPSA) is 46.5 Å². The number of carboxylic acids is 1. The number of rotatable bonds is 5. The van der Waals surface area contributed by atoms with E-state index in [9.17, 15) is 4.79 Å². The molecule has 0 radical (unpaired) electrons. The molecule has 1 aliphatic carbocycles. The van der Waals surface area contributed by atoms with E-state index >= 15 is 0 Å². The molecule has 1 aliphatic rings. The van der Waals surface area contributed by atoms with Gasteiger partial charge in [0.15, 0.2) is 0 Å². The molecule has 104 valence electrons. The van der Waals surface area contributed by atoms with Gasteiger partial charge in [0.2, 0.25) is 0 Å². The lowest BCUT2D eigenvalue weighted by molar-refractivity contribution is -0.137. The number of methoxy groups -OCH3 is 1. The van der Waals surface area contributed by atoms with Crippen LogP contribution in [0.3, 0.4) is 0 Å². The van der Waals surface area contributed by atoms with E-state index in [1.54, 1.807) is 7.11 Å². The smallest absolute Gasteiger partial charge is 0.303 e. The van der Waals surface area contributed by atoms with Crippen LogP contribution in [0.4, 0.5) is 0 Å². The van der Waals surface area contributed by atoms with Crippen molar-refractivity contribution in [3.8, 4) is 5.75 Å². The molecule has 0 aliphatic heterocycles. The molecular weight excluding hydrogens is 240 g/mol. The summed E-state index contributed by atoms with van der Waals surface area (Å²) in [5.41, 5.74) is 4.00. The molecule has 3 heteroatoms. The highest BCUT2D eigenvalue weighted by Gasteiger charge is 2.13. The average molecular weight is 262 g/mol. The average Bonchev–Trinajstić information content (AvgIpc) is 2.62. The predicted molar refractivity (Wildman–Crippen MR) is 74.8 cm³/mol. The van der Waals surface area contributed by atoms with E-state index < -0.39 is 5.97 Å². The molecular formula is C16H22O3. The lowest BCUT2D eigenvalue weighted by Gasteiger charge is -2.14. The van der Waals surface area contributed by atoms with Gasteiger partial charge in [-0.3, -0.25) is 4.79 Å². The van der Waals surface area contributed by atoms with Gasteiger partial charge in [-0.2, -0.15) is 0 Å². The molecule has 0 saturated heterocycles. The second kappa shape index (κ2) is 6.60. The van der Waals surface area contributed by atoms with Crippen molar-refractivity contribution in [3.05, 3.63) is 28.8 Å². The SMILES string of the molecule is COc1cc2c(cc1CCCC(=O)O)CCCCC2. The van der Waals surface area contributed by atoms with Crippen LogP contribution in [0, 0.1) is 0 Å². The summed E-state index contributed by atoms with van der Waals surface area (Å²) in [6, 6.07) is 4.40. The maximum atomic E-state index is 10.6. The van der Waals surface area contributed by atoms with Crippen LogP contribution in [-0.4, -0.2) is 18.2 Å². The monoisotopic (exact) mass is 262 g/mol. The Morgan fingerprint density at radius 3 is 2.53 bits per heavy atom. The van der Waals surface area contributed by atoms with Crippen LogP contribution in [0.25, 0.3) is 0 Å². The van der Waals surface area contributed by atoms with E-state index in [0.717, 1.165) is 30.6 Å². The molecule has 0 unspecified atom stereocenters. The van der Waals surface area contributed by atoms with Crippen molar-refractivity contribution in [3.63, 3.8) is 0 Å². The minimum Gasteiger partial charge on any atom is -0.496 e. The van der Waals surface area contributed by atoms with Crippen molar-refractivity contribution in [2.75, 3.05) is 7.11 Å². The molecule has 1 N–H and O–H groups in total. The molecule has 1 aromatic rings. The Balaban J connectivity index is 2.16. The van der Waals surface area contributed by atoms with Crippen LogP contribution in [0.1, 0.15) is 48.8 Å². The van der Waals surface area contributed by atoms with Crippen LogP contribution in [-0.2, 0) is 24.1 Å². The first kappa shape index (κ1) is 13.9. The molecule has 0 spiro atoms. The maximum Gasteiger partial charge on any atom is 0.303 e. The Hall–Kier alpha value is -1.51. The van der Waals surface area contributed by atoms with Gasteiger partial charge in [0.25, 0.3) is 0 Å². The van der Waals surface area contributed by atoms with Gasteiger partial charge in [-0.05, 0) is 61.3 Å². The summed E-state index contributed by atoms with van der Waals surface area (Å²) >= 11 is 0. The molecule has 2 rings (SSSR count). The Labute approximate surface area is 114 Å². The minimum atomic E-state index is -0.728. The number of hydrogen-bond donors (Lipinski definition) is 1. The van der Waals surface area contributed by atoms with E-state index in [1.807, 2.05) is 0 Å². The number of aryl methyl sites for hydroxylation is 3. The molecule has 0 fully saturated rings. The van der Waals surface area contributed by atoms with Crippen LogP contribution in [0.2, 0.25) is 0 Å². The second-order valence-electron chi connectivity index (χ2n) is 5.24. The van der Waals surface area contributed by atoms with Crippen molar-refractivity contribution >= 4 is 5.97 Å². The van der Waals surface area contributed by atoms with Crippen molar-refractivity contribution in [1.82, 2.24) is 0 Å². The van der Waals surface area contributed by atoms with Crippen molar-refractivity contribution in [2.24, 2.45) is 0 Å². The summed E-state index contributed by atoms with van der Waals surface area (Å²) in [4.78, 5) is 10.6. The summed E-state index contributed by atoms with van der Waals surface area (Å²) in [7, 11) is 1.69. The van der Waals surface area contributed by atoms with Crippen LogP contribution in [0.15, 0.2) is 12.1 Å². The number of aliphatic carboxylic acids is 1. The molecule has 3 nitrogen and oxygen atoms in total. The molecule has 0 amide bonds. The zero-order valence-corrected chi connectivity index (χ0v) is 11.6. The number of benzene rings is 1. The molecule has 0 saturated carbocycles. The number of ether oxygens (including phenoxy) is 1. The van der Waals surface area contributed by atoms with Gasteiger partial charge in [0.05, 0.1) is 7.11 Å². The number of fused-ring (bicyclic) bond motifs is 1. The van der Waals surface area contributed by atoms with Gasteiger partial charge in [-0.25, -0.2) is 0 Å². The molecule has 1 aromatic carbocycles. The summed E-state index contributed by atoms with van der Waals surface area (Å²) in [6.45, 7) is 0. The lowest BCUT2D eigenvalue weighted by Crippen LogP contribution is -2.01. The van der Waals surface area contributed by atoms with Crippen LogP contribution >= 0.6 is 0 Å². The fourth-order valence-electron chi connectivity index (χ4n) is 2.81. The van der Waals surface area contributed by atoms with Gasteiger partial charge in [-0.15, -0.1) is 0 Å². The largest absolute Gasteiger partial charge is 0.496 e. The first-order valence-electron chi connectivity index (χ1n) is 7.11. The molecule has 0 heterocycles. The second-order valence-corrected chi connectivity index (χ2v) is 5.24. The van der Waals surface area contributed by atoms with E-state index in [-0.39, 0.29) is 6.42 Å². The van der Waals surface area contributed by atoms with E-state index in [1.165, 1.54) is 30.4 Å². The minimum absolute atomic E-state index is 0.222. The highest BCUT2D eigenvalue weighted by Crippen LogP contribution is 2.29. The van der Waals surface area contributed by atoms with E-state index in [0.29, 0.717) is 6.42 Å². The molecule has 0 bridgehead atoms. The highest BCUT2D eigenvalue weighted by atomic mass is 16.5. The fourth-order valence-corrected chi connectivity index (χ4v) is 2.81.